The highest BCUT2D eigenvalue weighted by Crippen LogP contribution is 2.32. The maximum atomic E-state index is 11.9. The molecule has 5 nitrogen and oxygen atoms in total. The van der Waals surface area contributed by atoms with E-state index in [9.17, 15) is 9.59 Å². The Bertz CT molecular complexity index is 824. The van der Waals surface area contributed by atoms with Gasteiger partial charge in [0.25, 0.3) is 5.91 Å². The van der Waals surface area contributed by atoms with Crippen molar-refractivity contribution in [2.24, 2.45) is 0 Å². The molecule has 1 amide bonds. The standard InChI is InChI=1S/C20H21Cl2NO4/c1-13-5-3-6-15(11-13)26-10-4-7-18(25)27-12-17(24)23-20-16(21)9-8-14(2)19(20)22/h3,5-6,8-9,11H,4,7,10,12H2,1-2H3,(H,23,24). The Morgan fingerprint density at radius 1 is 1.11 bits per heavy atom. The molecule has 2 aromatic rings. The van der Waals surface area contributed by atoms with E-state index in [0.29, 0.717) is 28.8 Å². The lowest BCUT2D eigenvalue weighted by molar-refractivity contribution is -0.147. The lowest BCUT2D eigenvalue weighted by Crippen LogP contribution is -2.21. The first kappa shape index (κ1) is 21.1. The Labute approximate surface area is 168 Å². The summed E-state index contributed by atoms with van der Waals surface area (Å²) in [5.74, 6) is -0.220. The number of hydrogen-bond donors (Lipinski definition) is 1. The molecule has 27 heavy (non-hydrogen) atoms. The first-order valence-corrected chi connectivity index (χ1v) is 9.22. The zero-order valence-electron chi connectivity index (χ0n) is 15.2. The van der Waals surface area contributed by atoms with Crippen LogP contribution in [0.5, 0.6) is 5.75 Å². The molecule has 0 aliphatic carbocycles. The molecule has 2 rings (SSSR count). The first-order chi connectivity index (χ1) is 12.9. The number of amides is 1. The van der Waals surface area contributed by atoms with Gasteiger partial charge in [0.1, 0.15) is 5.75 Å². The van der Waals surface area contributed by atoms with Crippen LogP contribution >= 0.6 is 23.2 Å². The number of benzene rings is 2. The topological polar surface area (TPSA) is 64.6 Å². The van der Waals surface area contributed by atoms with Crippen LogP contribution < -0.4 is 10.1 Å². The van der Waals surface area contributed by atoms with Gasteiger partial charge in [0.05, 0.1) is 22.3 Å². The van der Waals surface area contributed by atoms with Gasteiger partial charge < -0.3 is 14.8 Å². The van der Waals surface area contributed by atoms with Crippen LogP contribution in [0, 0.1) is 13.8 Å². The van der Waals surface area contributed by atoms with Crippen LogP contribution in [0.25, 0.3) is 0 Å². The van der Waals surface area contributed by atoms with E-state index in [2.05, 4.69) is 5.32 Å². The van der Waals surface area contributed by atoms with Gasteiger partial charge in [-0.3, -0.25) is 9.59 Å². The largest absolute Gasteiger partial charge is 0.494 e. The van der Waals surface area contributed by atoms with Crippen molar-refractivity contribution in [1.82, 2.24) is 0 Å². The Balaban J connectivity index is 1.69. The number of halogens is 2. The van der Waals surface area contributed by atoms with Gasteiger partial charge in [-0.15, -0.1) is 0 Å². The van der Waals surface area contributed by atoms with Crippen LogP contribution in [0.4, 0.5) is 5.69 Å². The van der Waals surface area contributed by atoms with Crippen molar-refractivity contribution in [2.45, 2.75) is 26.7 Å². The predicted molar refractivity (Wildman–Crippen MR) is 107 cm³/mol. The van der Waals surface area contributed by atoms with Crippen LogP contribution in [0.3, 0.4) is 0 Å². The van der Waals surface area contributed by atoms with Crippen LogP contribution in [-0.2, 0) is 14.3 Å². The fraction of sp³-hybridized carbons (Fsp3) is 0.300. The molecule has 0 aromatic heterocycles. The first-order valence-electron chi connectivity index (χ1n) is 8.46. The van der Waals surface area contributed by atoms with E-state index in [1.807, 2.05) is 31.2 Å². The monoisotopic (exact) mass is 409 g/mol. The van der Waals surface area contributed by atoms with E-state index in [-0.39, 0.29) is 6.42 Å². The van der Waals surface area contributed by atoms with Crippen molar-refractivity contribution in [3.8, 4) is 5.75 Å². The average molecular weight is 410 g/mol. The average Bonchev–Trinajstić information content (AvgIpc) is 2.64. The normalized spacial score (nSPS) is 10.4. The van der Waals surface area contributed by atoms with Crippen molar-refractivity contribution >= 4 is 40.8 Å². The Morgan fingerprint density at radius 3 is 2.63 bits per heavy atom. The molecule has 144 valence electrons. The minimum absolute atomic E-state index is 0.158. The third-order valence-electron chi connectivity index (χ3n) is 3.70. The number of esters is 1. The number of carbonyl (C=O) groups is 2. The molecule has 2 aromatic carbocycles. The summed E-state index contributed by atoms with van der Waals surface area (Å²) in [5, 5.41) is 3.24. The van der Waals surface area contributed by atoms with Gasteiger partial charge in [-0.1, -0.05) is 41.4 Å². The minimum Gasteiger partial charge on any atom is -0.494 e. The molecule has 0 bridgehead atoms. The smallest absolute Gasteiger partial charge is 0.306 e. The number of rotatable bonds is 8. The summed E-state index contributed by atoms with van der Waals surface area (Å²) in [6.07, 6.45) is 0.648. The summed E-state index contributed by atoms with van der Waals surface area (Å²) in [4.78, 5) is 23.7. The molecular formula is C20H21Cl2NO4. The SMILES string of the molecule is Cc1cccc(OCCCC(=O)OCC(=O)Nc2c(Cl)ccc(C)c2Cl)c1. The number of carbonyl (C=O) groups excluding carboxylic acids is 2. The van der Waals surface area contributed by atoms with Gasteiger partial charge >= 0.3 is 5.97 Å². The Kier molecular flexibility index (Phi) is 7.95. The molecular weight excluding hydrogens is 389 g/mol. The summed E-state index contributed by atoms with van der Waals surface area (Å²) < 4.78 is 10.5. The maximum absolute atomic E-state index is 11.9. The molecule has 0 saturated carbocycles. The van der Waals surface area contributed by atoms with Gasteiger partial charge in [-0.2, -0.15) is 0 Å². The number of nitrogens with one attached hydrogen (secondary N) is 1. The number of anilines is 1. The van der Waals surface area contributed by atoms with Crippen LogP contribution in [0.15, 0.2) is 36.4 Å². The predicted octanol–water partition coefficient (Wildman–Crippen LogP) is 4.95. The fourth-order valence-corrected chi connectivity index (χ4v) is 2.74. The molecule has 0 atom stereocenters. The van der Waals surface area contributed by atoms with Crippen molar-refractivity contribution < 1.29 is 19.1 Å². The second-order valence-electron chi connectivity index (χ2n) is 6.03. The highest BCUT2D eigenvalue weighted by Gasteiger charge is 2.13. The van der Waals surface area contributed by atoms with Crippen molar-refractivity contribution in [3.05, 3.63) is 57.6 Å². The van der Waals surface area contributed by atoms with Gasteiger partial charge in [-0.05, 0) is 49.6 Å². The summed E-state index contributed by atoms with van der Waals surface area (Å²) in [5.41, 5.74) is 2.19. The molecule has 0 radical (unpaired) electrons. The van der Waals surface area contributed by atoms with Crippen molar-refractivity contribution in [3.63, 3.8) is 0 Å². The lowest BCUT2D eigenvalue weighted by atomic mass is 10.2. The molecule has 0 saturated heterocycles. The summed E-state index contributed by atoms with van der Waals surface area (Å²) in [6.45, 7) is 3.76. The minimum atomic E-state index is -0.506. The van der Waals surface area contributed by atoms with Crippen molar-refractivity contribution in [2.75, 3.05) is 18.5 Å². The van der Waals surface area contributed by atoms with Gasteiger partial charge in [0, 0.05) is 6.42 Å². The number of ether oxygens (including phenoxy) is 2. The molecule has 0 spiro atoms. The van der Waals surface area contributed by atoms with E-state index in [1.165, 1.54) is 0 Å². The zero-order chi connectivity index (χ0) is 19.8. The maximum Gasteiger partial charge on any atom is 0.306 e. The molecule has 0 heterocycles. The molecule has 0 aliphatic rings. The highest BCUT2D eigenvalue weighted by atomic mass is 35.5. The molecule has 0 unspecified atom stereocenters. The highest BCUT2D eigenvalue weighted by molar-refractivity contribution is 6.40. The third kappa shape index (κ3) is 6.77. The lowest BCUT2D eigenvalue weighted by Gasteiger charge is -2.11. The van der Waals surface area contributed by atoms with E-state index in [4.69, 9.17) is 32.7 Å². The summed E-state index contributed by atoms with van der Waals surface area (Å²) >= 11 is 12.2. The summed E-state index contributed by atoms with van der Waals surface area (Å²) in [6, 6.07) is 11.1. The Hall–Kier alpha value is -2.24. The van der Waals surface area contributed by atoms with Crippen LogP contribution in [0.2, 0.25) is 10.0 Å². The van der Waals surface area contributed by atoms with E-state index >= 15 is 0 Å². The number of aryl methyl sites for hydroxylation is 2. The van der Waals surface area contributed by atoms with E-state index in [1.54, 1.807) is 19.1 Å². The Morgan fingerprint density at radius 2 is 1.89 bits per heavy atom. The molecule has 1 N–H and O–H groups in total. The van der Waals surface area contributed by atoms with E-state index < -0.39 is 18.5 Å². The quantitative estimate of drug-likeness (QED) is 0.494. The zero-order valence-corrected chi connectivity index (χ0v) is 16.7. The second kappa shape index (κ2) is 10.2. The van der Waals surface area contributed by atoms with E-state index in [0.717, 1.165) is 16.9 Å². The second-order valence-corrected chi connectivity index (χ2v) is 6.82. The fourth-order valence-electron chi connectivity index (χ4n) is 2.28. The van der Waals surface area contributed by atoms with Gasteiger partial charge in [-0.25, -0.2) is 0 Å². The van der Waals surface area contributed by atoms with Crippen molar-refractivity contribution in [1.29, 1.82) is 0 Å². The third-order valence-corrected chi connectivity index (χ3v) is 4.50. The summed E-state index contributed by atoms with van der Waals surface area (Å²) in [7, 11) is 0. The number of hydrogen-bond acceptors (Lipinski definition) is 4. The van der Waals surface area contributed by atoms with Crippen LogP contribution in [-0.4, -0.2) is 25.1 Å². The van der Waals surface area contributed by atoms with Crippen LogP contribution in [0.1, 0.15) is 24.0 Å². The van der Waals surface area contributed by atoms with Gasteiger partial charge in [0.2, 0.25) is 0 Å². The molecule has 0 aliphatic heterocycles. The molecule has 0 fully saturated rings. The van der Waals surface area contributed by atoms with Gasteiger partial charge in [0.15, 0.2) is 6.61 Å². The molecule has 7 heteroatoms.